The van der Waals surface area contributed by atoms with Crippen molar-refractivity contribution < 1.29 is 0 Å². The highest BCUT2D eigenvalue weighted by Gasteiger charge is 2.22. The number of fused-ring (bicyclic) bond motifs is 1. The number of H-pyrrole nitrogens is 1. The molecule has 0 spiro atoms. The molecule has 0 amide bonds. The summed E-state index contributed by atoms with van der Waals surface area (Å²) in [5, 5.41) is 4.76. The standard InChI is InChI=1S/C16H21N3/c1-2-4-16(19-11-9-17-10-12-19)14-5-3-6-15-13(14)7-8-18-15/h2-3,5-8,16-18H,1,4,9-12H2/t16-/m0/s1. The molecule has 1 saturated heterocycles. The first kappa shape index (κ1) is 12.5. The maximum atomic E-state index is 3.94. The summed E-state index contributed by atoms with van der Waals surface area (Å²) in [5.74, 6) is 0. The minimum absolute atomic E-state index is 0.444. The van der Waals surface area contributed by atoms with Crippen molar-refractivity contribution in [1.29, 1.82) is 0 Å². The summed E-state index contributed by atoms with van der Waals surface area (Å²) in [5.41, 5.74) is 2.64. The van der Waals surface area contributed by atoms with Gasteiger partial charge in [0.1, 0.15) is 0 Å². The second kappa shape index (κ2) is 5.59. The lowest BCUT2D eigenvalue weighted by molar-refractivity contribution is 0.175. The van der Waals surface area contributed by atoms with E-state index >= 15 is 0 Å². The van der Waals surface area contributed by atoms with Gasteiger partial charge in [-0.3, -0.25) is 4.90 Å². The average molecular weight is 255 g/mol. The molecule has 0 radical (unpaired) electrons. The number of rotatable bonds is 4. The van der Waals surface area contributed by atoms with E-state index in [0.29, 0.717) is 6.04 Å². The van der Waals surface area contributed by atoms with E-state index in [1.807, 2.05) is 12.3 Å². The molecular formula is C16H21N3. The van der Waals surface area contributed by atoms with Crippen molar-refractivity contribution >= 4 is 10.9 Å². The van der Waals surface area contributed by atoms with E-state index in [2.05, 4.69) is 46.0 Å². The lowest BCUT2D eigenvalue weighted by atomic mass is 9.97. The molecule has 2 N–H and O–H groups in total. The molecule has 1 fully saturated rings. The van der Waals surface area contributed by atoms with E-state index in [9.17, 15) is 0 Å². The number of aromatic amines is 1. The molecule has 1 aromatic carbocycles. The first-order valence-electron chi connectivity index (χ1n) is 7.02. The van der Waals surface area contributed by atoms with Crippen LogP contribution in [0.1, 0.15) is 18.0 Å². The fourth-order valence-electron chi connectivity index (χ4n) is 3.02. The van der Waals surface area contributed by atoms with E-state index in [1.165, 1.54) is 16.5 Å². The lowest BCUT2D eigenvalue weighted by Gasteiger charge is -2.35. The number of hydrogen-bond donors (Lipinski definition) is 2. The highest BCUT2D eigenvalue weighted by atomic mass is 15.2. The normalized spacial score (nSPS) is 18.5. The Morgan fingerprint density at radius 2 is 2.11 bits per heavy atom. The third-order valence-corrected chi connectivity index (χ3v) is 3.97. The van der Waals surface area contributed by atoms with Gasteiger partial charge in [0.05, 0.1) is 0 Å². The Morgan fingerprint density at radius 1 is 1.26 bits per heavy atom. The van der Waals surface area contributed by atoms with Crippen LogP contribution in [0.3, 0.4) is 0 Å². The minimum Gasteiger partial charge on any atom is -0.361 e. The monoisotopic (exact) mass is 255 g/mol. The third kappa shape index (κ3) is 2.44. The highest BCUT2D eigenvalue weighted by Crippen LogP contribution is 2.30. The zero-order valence-corrected chi connectivity index (χ0v) is 11.2. The summed E-state index contributed by atoms with van der Waals surface area (Å²) in [6.45, 7) is 8.32. The molecule has 3 heteroatoms. The molecule has 2 aromatic rings. The van der Waals surface area contributed by atoms with Crippen LogP contribution in [0.4, 0.5) is 0 Å². The van der Waals surface area contributed by atoms with Gasteiger partial charge < -0.3 is 10.3 Å². The van der Waals surface area contributed by atoms with Crippen LogP contribution < -0.4 is 5.32 Å². The maximum Gasteiger partial charge on any atom is 0.0457 e. The topological polar surface area (TPSA) is 31.1 Å². The highest BCUT2D eigenvalue weighted by molar-refractivity contribution is 5.83. The molecule has 0 saturated carbocycles. The van der Waals surface area contributed by atoms with Gasteiger partial charge >= 0.3 is 0 Å². The van der Waals surface area contributed by atoms with Crippen molar-refractivity contribution in [2.75, 3.05) is 26.2 Å². The molecule has 3 rings (SSSR count). The molecule has 100 valence electrons. The van der Waals surface area contributed by atoms with Gasteiger partial charge in [-0.1, -0.05) is 18.2 Å². The predicted octanol–water partition coefficient (Wildman–Crippen LogP) is 2.69. The predicted molar refractivity (Wildman–Crippen MR) is 80.3 cm³/mol. The Balaban J connectivity index is 1.98. The molecule has 2 heterocycles. The fraction of sp³-hybridized carbons (Fsp3) is 0.375. The smallest absolute Gasteiger partial charge is 0.0457 e. The lowest BCUT2D eigenvalue weighted by Crippen LogP contribution is -2.45. The maximum absolute atomic E-state index is 3.94. The number of piperazine rings is 1. The van der Waals surface area contributed by atoms with E-state index in [4.69, 9.17) is 0 Å². The van der Waals surface area contributed by atoms with Gasteiger partial charge in [-0.25, -0.2) is 0 Å². The summed E-state index contributed by atoms with van der Waals surface area (Å²) in [7, 11) is 0. The van der Waals surface area contributed by atoms with Crippen LogP contribution in [0.2, 0.25) is 0 Å². The summed E-state index contributed by atoms with van der Waals surface area (Å²) in [4.78, 5) is 5.87. The molecule has 1 aliphatic rings. The van der Waals surface area contributed by atoms with Crippen LogP contribution in [0.25, 0.3) is 10.9 Å². The quantitative estimate of drug-likeness (QED) is 0.823. The molecule has 1 atom stereocenters. The first-order chi connectivity index (χ1) is 9.40. The molecule has 0 aliphatic carbocycles. The van der Waals surface area contributed by atoms with Crippen LogP contribution in [-0.4, -0.2) is 36.1 Å². The number of benzene rings is 1. The van der Waals surface area contributed by atoms with Gasteiger partial charge in [-0.15, -0.1) is 6.58 Å². The first-order valence-corrected chi connectivity index (χ1v) is 7.02. The molecule has 1 aliphatic heterocycles. The van der Waals surface area contributed by atoms with Gasteiger partial charge in [-0.05, 0) is 24.1 Å². The van der Waals surface area contributed by atoms with Crippen LogP contribution in [0.5, 0.6) is 0 Å². The Hall–Kier alpha value is -1.58. The molecular weight excluding hydrogens is 234 g/mol. The Labute approximate surface area is 114 Å². The van der Waals surface area contributed by atoms with Crippen molar-refractivity contribution in [1.82, 2.24) is 15.2 Å². The third-order valence-electron chi connectivity index (χ3n) is 3.97. The fourth-order valence-corrected chi connectivity index (χ4v) is 3.02. The average Bonchev–Trinajstić information content (AvgIpc) is 2.94. The number of nitrogens with zero attached hydrogens (tertiary/aromatic N) is 1. The second-order valence-corrected chi connectivity index (χ2v) is 5.11. The Morgan fingerprint density at radius 3 is 2.89 bits per heavy atom. The van der Waals surface area contributed by atoms with Crippen LogP contribution in [0.15, 0.2) is 43.1 Å². The summed E-state index contributed by atoms with van der Waals surface area (Å²) in [6, 6.07) is 9.17. The van der Waals surface area contributed by atoms with Crippen molar-refractivity contribution in [2.24, 2.45) is 0 Å². The van der Waals surface area contributed by atoms with E-state index in [0.717, 1.165) is 32.6 Å². The Kier molecular flexibility index (Phi) is 3.67. The zero-order valence-electron chi connectivity index (χ0n) is 11.2. The molecule has 19 heavy (non-hydrogen) atoms. The van der Waals surface area contributed by atoms with Gasteiger partial charge in [0.25, 0.3) is 0 Å². The molecule has 0 bridgehead atoms. The largest absolute Gasteiger partial charge is 0.361 e. The zero-order chi connectivity index (χ0) is 13.1. The van der Waals surface area contributed by atoms with Crippen molar-refractivity contribution in [3.8, 4) is 0 Å². The molecule has 0 unspecified atom stereocenters. The van der Waals surface area contributed by atoms with E-state index in [1.54, 1.807) is 0 Å². The van der Waals surface area contributed by atoms with Crippen LogP contribution >= 0.6 is 0 Å². The van der Waals surface area contributed by atoms with E-state index < -0.39 is 0 Å². The van der Waals surface area contributed by atoms with Gasteiger partial charge in [0.15, 0.2) is 0 Å². The second-order valence-electron chi connectivity index (χ2n) is 5.11. The van der Waals surface area contributed by atoms with Gasteiger partial charge in [0.2, 0.25) is 0 Å². The number of nitrogens with one attached hydrogen (secondary N) is 2. The Bertz CT molecular complexity index is 552. The molecule has 1 aromatic heterocycles. The van der Waals surface area contributed by atoms with Gasteiger partial charge in [-0.2, -0.15) is 0 Å². The van der Waals surface area contributed by atoms with Crippen molar-refractivity contribution in [3.63, 3.8) is 0 Å². The van der Waals surface area contributed by atoms with Gasteiger partial charge in [0, 0.05) is 49.3 Å². The SMILES string of the molecule is C=CC[C@@H](c1cccc2[nH]ccc12)N1CCNCC1. The number of hydrogen-bond acceptors (Lipinski definition) is 2. The molecule has 3 nitrogen and oxygen atoms in total. The minimum atomic E-state index is 0.444. The van der Waals surface area contributed by atoms with Crippen molar-refractivity contribution in [2.45, 2.75) is 12.5 Å². The van der Waals surface area contributed by atoms with Crippen molar-refractivity contribution in [3.05, 3.63) is 48.7 Å². The summed E-state index contributed by atoms with van der Waals surface area (Å²) >= 11 is 0. The van der Waals surface area contributed by atoms with Crippen LogP contribution in [0, 0.1) is 0 Å². The summed E-state index contributed by atoms with van der Waals surface area (Å²) < 4.78 is 0. The summed E-state index contributed by atoms with van der Waals surface area (Å²) in [6.07, 6.45) is 5.07. The van der Waals surface area contributed by atoms with Crippen LogP contribution in [-0.2, 0) is 0 Å². The number of aromatic nitrogens is 1. The van der Waals surface area contributed by atoms with E-state index in [-0.39, 0.29) is 0 Å².